The summed E-state index contributed by atoms with van der Waals surface area (Å²) in [5.41, 5.74) is -7.03. The number of hydrogen-bond donors (Lipinski definition) is 3. The molecule has 4 rings (SSSR count). The fourth-order valence-electron chi connectivity index (χ4n) is 4.36. The number of alkyl halides is 3. The van der Waals surface area contributed by atoms with Gasteiger partial charge in [0.05, 0.1) is 23.6 Å². The van der Waals surface area contributed by atoms with Crippen molar-refractivity contribution in [2.45, 2.75) is 50.6 Å². The van der Waals surface area contributed by atoms with Gasteiger partial charge in [-0.15, -0.1) is 0 Å². The summed E-state index contributed by atoms with van der Waals surface area (Å²) in [7, 11) is 0. The largest absolute Gasteiger partial charge is 0.389 e. The molecule has 2 aromatic heterocycles. The molecule has 1 saturated heterocycles. The van der Waals surface area contributed by atoms with Crippen LogP contribution >= 0.6 is 0 Å². The van der Waals surface area contributed by atoms with Crippen molar-refractivity contribution in [1.29, 1.82) is 0 Å². The number of nitrogens with one attached hydrogen (secondary N) is 1. The summed E-state index contributed by atoms with van der Waals surface area (Å²) in [6.07, 6.45) is -2.02. The van der Waals surface area contributed by atoms with E-state index in [9.17, 15) is 46.1 Å². The zero-order chi connectivity index (χ0) is 29.9. The van der Waals surface area contributed by atoms with Crippen molar-refractivity contribution in [2.24, 2.45) is 0 Å². The van der Waals surface area contributed by atoms with E-state index in [1.165, 1.54) is 0 Å². The zero-order valence-corrected chi connectivity index (χ0v) is 21.2. The van der Waals surface area contributed by atoms with Crippen LogP contribution in [-0.2, 0) is 0 Å². The molecule has 1 amide bonds. The summed E-state index contributed by atoms with van der Waals surface area (Å²) in [5, 5.41) is 20.7. The van der Waals surface area contributed by atoms with E-state index in [1.54, 1.807) is 5.32 Å². The minimum Gasteiger partial charge on any atom is -0.389 e. The molecule has 1 fully saturated rings. The number of carbonyl (C=O) groups is 1. The maximum atomic E-state index is 15.1. The van der Waals surface area contributed by atoms with Crippen LogP contribution in [0.4, 0.5) is 36.6 Å². The Morgan fingerprint density at radius 1 is 1.02 bits per heavy atom. The van der Waals surface area contributed by atoms with Gasteiger partial charge >= 0.3 is 0 Å². The molecule has 216 valence electrons. The Balaban J connectivity index is 1.95. The molecule has 1 unspecified atom stereocenters. The van der Waals surface area contributed by atoms with Crippen molar-refractivity contribution in [3.63, 3.8) is 0 Å². The van der Waals surface area contributed by atoms with Gasteiger partial charge in [-0.25, -0.2) is 35.7 Å². The number of amides is 1. The summed E-state index contributed by atoms with van der Waals surface area (Å²) in [4.78, 5) is 31.2. The fraction of sp³-hybridized carbons (Fsp3) is 0.400. The molecule has 1 aromatic carbocycles. The van der Waals surface area contributed by atoms with Gasteiger partial charge in [-0.3, -0.25) is 14.2 Å². The third kappa shape index (κ3) is 4.98. The summed E-state index contributed by atoms with van der Waals surface area (Å²) < 4.78 is 102. The Labute approximate surface area is 221 Å². The van der Waals surface area contributed by atoms with Gasteiger partial charge in [-0.1, -0.05) is 0 Å². The SMILES string of the molecule is CC(NC(=O)c1cn(-c2c(F)cc(F)cc2F)c2nc(N3C[C@@H](O)[C@@H](O)C3)c(F)cc2c1=O)C(F)(F)C(C)(C)F. The highest BCUT2D eigenvalue weighted by Gasteiger charge is 2.52. The molecule has 0 aliphatic carbocycles. The van der Waals surface area contributed by atoms with Crippen LogP contribution < -0.4 is 15.6 Å². The first-order chi connectivity index (χ1) is 18.4. The maximum absolute atomic E-state index is 15.1. The number of halogens is 7. The standard InChI is InChI=1S/C25H23F7N4O4/c1-10(25(31,32)24(2,3)30)33-23(40)13-7-36(19-14(27)4-11(26)5-15(19)28)21-12(20(13)39)6-16(29)22(34-21)35-8-17(37)18(38)9-35/h4-7,10,17-18,37-38H,8-9H2,1-3H3,(H,33,40)/t10?,17-,18+. The number of benzene rings is 1. The number of fused-ring (bicyclic) bond motifs is 1. The van der Waals surface area contributed by atoms with E-state index < -0.39 is 92.5 Å². The monoisotopic (exact) mass is 576 g/mol. The first-order valence-electron chi connectivity index (χ1n) is 11.8. The lowest BCUT2D eigenvalue weighted by atomic mass is 9.96. The van der Waals surface area contributed by atoms with Crippen molar-refractivity contribution >= 4 is 22.8 Å². The van der Waals surface area contributed by atoms with E-state index in [2.05, 4.69) is 4.98 Å². The van der Waals surface area contributed by atoms with Crippen LogP contribution in [0.5, 0.6) is 0 Å². The third-order valence-electron chi connectivity index (χ3n) is 6.62. The van der Waals surface area contributed by atoms with E-state index in [0.717, 1.165) is 11.8 Å². The van der Waals surface area contributed by atoms with Crippen molar-refractivity contribution in [2.75, 3.05) is 18.0 Å². The van der Waals surface area contributed by atoms with Crippen LogP contribution in [0.25, 0.3) is 16.7 Å². The predicted octanol–water partition coefficient (Wildman–Crippen LogP) is 2.99. The van der Waals surface area contributed by atoms with Gasteiger partial charge in [0.1, 0.15) is 17.1 Å². The number of nitrogens with zero attached hydrogens (tertiary/aromatic N) is 3. The average Bonchev–Trinajstić information content (AvgIpc) is 3.16. The second-order valence-corrected chi connectivity index (χ2v) is 9.96. The van der Waals surface area contributed by atoms with E-state index in [1.807, 2.05) is 0 Å². The third-order valence-corrected chi connectivity index (χ3v) is 6.62. The lowest BCUT2D eigenvalue weighted by Gasteiger charge is -2.32. The van der Waals surface area contributed by atoms with Crippen LogP contribution in [0, 0.1) is 23.3 Å². The van der Waals surface area contributed by atoms with E-state index >= 15 is 4.39 Å². The van der Waals surface area contributed by atoms with Gasteiger partial charge in [-0.2, -0.15) is 0 Å². The van der Waals surface area contributed by atoms with Crippen LogP contribution in [0.3, 0.4) is 0 Å². The van der Waals surface area contributed by atoms with Gasteiger partial charge < -0.3 is 20.4 Å². The number of rotatable bonds is 6. The molecule has 0 radical (unpaired) electrons. The highest BCUT2D eigenvalue weighted by Crippen LogP contribution is 2.35. The molecule has 3 aromatic rings. The van der Waals surface area contributed by atoms with Gasteiger partial charge in [-0.05, 0) is 26.8 Å². The smallest absolute Gasteiger partial charge is 0.300 e. The number of aliphatic hydroxyl groups is 2. The Kier molecular flexibility index (Phi) is 7.34. The van der Waals surface area contributed by atoms with E-state index in [-0.39, 0.29) is 25.2 Å². The summed E-state index contributed by atoms with van der Waals surface area (Å²) in [5.74, 6) is -11.7. The Morgan fingerprint density at radius 3 is 2.10 bits per heavy atom. The van der Waals surface area contributed by atoms with Crippen molar-refractivity contribution < 1.29 is 45.7 Å². The Bertz CT molecular complexity index is 1520. The number of carbonyl (C=O) groups excluding carboxylic acids is 1. The van der Waals surface area contributed by atoms with Crippen LogP contribution in [0.15, 0.2) is 29.2 Å². The average molecular weight is 576 g/mol. The first-order valence-corrected chi connectivity index (χ1v) is 11.8. The molecular formula is C25H23F7N4O4. The molecule has 3 heterocycles. The lowest BCUT2D eigenvalue weighted by molar-refractivity contribution is -0.137. The molecule has 3 N–H and O–H groups in total. The quantitative estimate of drug-likeness (QED) is 0.390. The molecular weight excluding hydrogens is 553 g/mol. The van der Waals surface area contributed by atoms with E-state index in [4.69, 9.17) is 0 Å². The normalized spacial score (nSPS) is 18.9. The summed E-state index contributed by atoms with van der Waals surface area (Å²) in [6, 6.07) is -1.03. The number of pyridine rings is 2. The van der Waals surface area contributed by atoms with Gasteiger partial charge in [0.2, 0.25) is 5.43 Å². The molecule has 0 spiro atoms. The lowest BCUT2D eigenvalue weighted by Crippen LogP contribution is -2.55. The van der Waals surface area contributed by atoms with Crippen LogP contribution in [0.2, 0.25) is 0 Å². The second kappa shape index (κ2) is 10.0. The second-order valence-electron chi connectivity index (χ2n) is 9.96. The molecule has 40 heavy (non-hydrogen) atoms. The molecule has 8 nitrogen and oxygen atoms in total. The highest BCUT2D eigenvalue weighted by molar-refractivity contribution is 5.97. The summed E-state index contributed by atoms with van der Waals surface area (Å²) >= 11 is 0. The molecule has 0 bridgehead atoms. The summed E-state index contributed by atoms with van der Waals surface area (Å²) in [6.45, 7) is 1.33. The number of β-amino-alcohol motifs (C(OH)–C–C–N with tert-alkyl or cyclic N) is 2. The molecule has 0 saturated carbocycles. The molecule has 3 atom stereocenters. The molecule has 1 aliphatic heterocycles. The maximum Gasteiger partial charge on any atom is 0.300 e. The molecule has 15 heteroatoms. The Morgan fingerprint density at radius 2 is 1.57 bits per heavy atom. The number of aromatic nitrogens is 2. The van der Waals surface area contributed by atoms with Crippen LogP contribution in [-0.4, -0.2) is 68.6 Å². The highest BCUT2D eigenvalue weighted by atomic mass is 19.3. The molecule has 1 aliphatic rings. The number of hydrogen-bond acceptors (Lipinski definition) is 6. The van der Waals surface area contributed by atoms with Crippen molar-refractivity contribution in [1.82, 2.24) is 14.9 Å². The zero-order valence-electron chi connectivity index (χ0n) is 21.2. The number of anilines is 1. The minimum atomic E-state index is -4.12. The fourth-order valence-corrected chi connectivity index (χ4v) is 4.36. The van der Waals surface area contributed by atoms with Gasteiger partial charge in [0, 0.05) is 31.4 Å². The van der Waals surface area contributed by atoms with E-state index in [0.29, 0.717) is 30.7 Å². The predicted molar refractivity (Wildman–Crippen MR) is 128 cm³/mol. The van der Waals surface area contributed by atoms with Crippen LogP contribution in [0.1, 0.15) is 31.1 Å². The minimum absolute atomic E-state index is 0.283. The van der Waals surface area contributed by atoms with Crippen molar-refractivity contribution in [3.8, 4) is 5.69 Å². The number of aliphatic hydroxyl groups excluding tert-OH is 2. The first kappa shape index (κ1) is 29.3. The topological polar surface area (TPSA) is 108 Å². The Hall–Kier alpha value is -3.72. The van der Waals surface area contributed by atoms with Crippen molar-refractivity contribution in [3.05, 3.63) is 63.5 Å². The van der Waals surface area contributed by atoms with Gasteiger partial charge in [0.15, 0.2) is 34.6 Å². The van der Waals surface area contributed by atoms with Gasteiger partial charge in [0.25, 0.3) is 11.8 Å².